The summed E-state index contributed by atoms with van der Waals surface area (Å²) in [4.78, 5) is 28.7. The van der Waals surface area contributed by atoms with Crippen molar-refractivity contribution in [1.82, 2.24) is 14.7 Å². The zero-order valence-corrected chi connectivity index (χ0v) is 12.1. The molecule has 3 aromatic heterocycles. The van der Waals surface area contributed by atoms with Gasteiger partial charge in [0, 0.05) is 35.8 Å². The predicted molar refractivity (Wildman–Crippen MR) is 78.8 cm³/mol. The lowest BCUT2D eigenvalue weighted by atomic mass is 10.3. The van der Waals surface area contributed by atoms with Crippen molar-refractivity contribution in [3.63, 3.8) is 0 Å². The van der Waals surface area contributed by atoms with Crippen LogP contribution in [0.2, 0.25) is 0 Å². The number of rotatable bonds is 4. The van der Waals surface area contributed by atoms with E-state index in [1.54, 1.807) is 23.5 Å². The van der Waals surface area contributed by atoms with Crippen LogP contribution in [0.4, 0.5) is 0 Å². The zero-order valence-electron chi connectivity index (χ0n) is 11.3. The molecule has 0 spiro atoms. The van der Waals surface area contributed by atoms with E-state index in [4.69, 9.17) is 4.42 Å². The summed E-state index contributed by atoms with van der Waals surface area (Å²) in [6.45, 7) is 2.22. The van der Waals surface area contributed by atoms with Crippen LogP contribution < -0.4 is 10.9 Å². The molecular formula is C14H13N3O3S. The molecule has 3 heterocycles. The molecule has 0 aromatic carbocycles. The van der Waals surface area contributed by atoms with E-state index in [-0.39, 0.29) is 17.2 Å². The van der Waals surface area contributed by atoms with Gasteiger partial charge in [0.2, 0.25) is 0 Å². The third-order valence-electron chi connectivity index (χ3n) is 3.02. The molecule has 0 atom stereocenters. The van der Waals surface area contributed by atoms with Gasteiger partial charge in [-0.15, -0.1) is 11.3 Å². The first-order chi connectivity index (χ1) is 10.1. The number of fused-ring (bicyclic) bond motifs is 1. The van der Waals surface area contributed by atoms with Crippen LogP contribution >= 0.6 is 11.3 Å². The molecule has 3 aromatic rings. The van der Waals surface area contributed by atoms with Gasteiger partial charge in [0.15, 0.2) is 10.7 Å². The van der Waals surface area contributed by atoms with Gasteiger partial charge in [-0.3, -0.25) is 14.0 Å². The minimum atomic E-state index is -0.263. The van der Waals surface area contributed by atoms with E-state index in [0.29, 0.717) is 23.6 Å². The Morgan fingerprint density at radius 2 is 2.38 bits per heavy atom. The molecule has 0 radical (unpaired) electrons. The standard InChI is InChI=1S/C14H13N3O3S/c1-9-7-12(18)17-10(8-21-14(17)16-9)4-5-15-13(19)11-3-2-6-20-11/h2-3,6-8H,4-5H2,1H3,(H,15,19). The molecule has 0 saturated heterocycles. The van der Waals surface area contributed by atoms with Crippen LogP contribution in [0.5, 0.6) is 0 Å². The van der Waals surface area contributed by atoms with Crippen LogP contribution in [-0.2, 0) is 6.42 Å². The van der Waals surface area contributed by atoms with Gasteiger partial charge in [0.1, 0.15) is 0 Å². The van der Waals surface area contributed by atoms with Crippen molar-refractivity contribution >= 4 is 22.2 Å². The highest BCUT2D eigenvalue weighted by Crippen LogP contribution is 2.12. The Kier molecular flexibility index (Phi) is 3.57. The molecule has 0 unspecified atom stereocenters. The summed E-state index contributed by atoms with van der Waals surface area (Å²) in [5.74, 6) is 0.0143. The molecule has 1 amide bonds. The molecular weight excluding hydrogens is 290 g/mol. The van der Waals surface area contributed by atoms with Crippen molar-refractivity contribution < 1.29 is 9.21 Å². The van der Waals surface area contributed by atoms with Gasteiger partial charge < -0.3 is 9.73 Å². The number of furan rings is 1. The van der Waals surface area contributed by atoms with E-state index in [1.807, 2.05) is 5.38 Å². The molecule has 0 aliphatic rings. The molecule has 0 fully saturated rings. The molecule has 21 heavy (non-hydrogen) atoms. The predicted octanol–water partition coefficient (Wildman–Crippen LogP) is 1.63. The van der Waals surface area contributed by atoms with Gasteiger partial charge in [-0.05, 0) is 19.1 Å². The summed E-state index contributed by atoms with van der Waals surface area (Å²) in [6, 6.07) is 4.77. The lowest BCUT2D eigenvalue weighted by molar-refractivity contribution is 0.0926. The third kappa shape index (κ3) is 2.73. The van der Waals surface area contributed by atoms with Gasteiger partial charge in [-0.2, -0.15) is 0 Å². The number of nitrogens with one attached hydrogen (secondary N) is 1. The average Bonchev–Trinajstić information content (AvgIpc) is 3.07. The Labute approximate surface area is 124 Å². The van der Waals surface area contributed by atoms with Gasteiger partial charge in [0.25, 0.3) is 11.5 Å². The second-order valence-electron chi connectivity index (χ2n) is 4.56. The zero-order chi connectivity index (χ0) is 14.8. The van der Waals surface area contributed by atoms with Gasteiger partial charge in [-0.1, -0.05) is 0 Å². The highest BCUT2D eigenvalue weighted by atomic mass is 32.1. The highest BCUT2D eigenvalue weighted by Gasteiger charge is 2.10. The molecule has 7 heteroatoms. The first-order valence-electron chi connectivity index (χ1n) is 6.43. The second kappa shape index (κ2) is 5.53. The maximum Gasteiger partial charge on any atom is 0.286 e. The number of hydrogen-bond acceptors (Lipinski definition) is 5. The summed E-state index contributed by atoms with van der Waals surface area (Å²) >= 11 is 1.42. The molecule has 1 N–H and O–H groups in total. The van der Waals surface area contributed by atoms with Gasteiger partial charge in [0.05, 0.1) is 6.26 Å². The summed E-state index contributed by atoms with van der Waals surface area (Å²) in [5, 5.41) is 4.65. The van der Waals surface area contributed by atoms with E-state index >= 15 is 0 Å². The monoisotopic (exact) mass is 303 g/mol. The Hall–Kier alpha value is -2.41. The van der Waals surface area contributed by atoms with Crippen molar-refractivity contribution in [1.29, 1.82) is 0 Å². The minimum Gasteiger partial charge on any atom is -0.459 e. The van der Waals surface area contributed by atoms with Crippen molar-refractivity contribution in [3.05, 3.63) is 57.3 Å². The third-order valence-corrected chi connectivity index (χ3v) is 3.89. The molecule has 108 valence electrons. The van der Waals surface area contributed by atoms with Crippen LogP contribution in [0, 0.1) is 6.92 Å². The maximum atomic E-state index is 12.0. The summed E-state index contributed by atoms with van der Waals surface area (Å²) < 4.78 is 6.59. The molecule has 0 aliphatic carbocycles. The summed E-state index contributed by atoms with van der Waals surface area (Å²) in [6.07, 6.45) is 2.01. The Balaban J connectivity index is 1.71. The number of aryl methyl sites for hydroxylation is 1. The lowest BCUT2D eigenvalue weighted by Crippen LogP contribution is -2.26. The Bertz CT molecular complexity index is 833. The van der Waals surface area contributed by atoms with E-state index in [9.17, 15) is 9.59 Å². The number of aromatic nitrogens is 2. The lowest BCUT2D eigenvalue weighted by Gasteiger charge is -2.03. The fourth-order valence-electron chi connectivity index (χ4n) is 2.06. The second-order valence-corrected chi connectivity index (χ2v) is 5.40. The highest BCUT2D eigenvalue weighted by molar-refractivity contribution is 7.15. The van der Waals surface area contributed by atoms with Gasteiger partial charge >= 0.3 is 0 Å². The van der Waals surface area contributed by atoms with Crippen molar-refractivity contribution in [2.24, 2.45) is 0 Å². The number of amides is 1. The van der Waals surface area contributed by atoms with Crippen LogP contribution in [0.3, 0.4) is 0 Å². The normalized spacial score (nSPS) is 10.9. The fraction of sp³-hybridized carbons (Fsp3) is 0.214. The van der Waals surface area contributed by atoms with E-state index < -0.39 is 0 Å². The number of carbonyl (C=O) groups is 1. The molecule has 0 aliphatic heterocycles. The van der Waals surface area contributed by atoms with Crippen LogP contribution in [0.1, 0.15) is 21.9 Å². The van der Waals surface area contributed by atoms with Crippen LogP contribution in [0.15, 0.2) is 39.1 Å². The molecule has 0 bridgehead atoms. The molecule has 0 saturated carbocycles. The smallest absolute Gasteiger partial charge is 0.286 e. The Morgan fingerprint density at radius 3 is 3.14 bits per heavy atom. The van der Waals surface area contributed by atoms with Crippen molar-refractivity contribution in [2.45, 2.75) is 13.3 Å². The number of hydrogen-bond donors (Lipinski definition) is 1. The Morgan fingerprint density at radius 1 is 1.52 bits per heavy atom. The van der Waals surface area contributed by atoms with Crippen LogP contribution in [-0.4, -0.2) is 21.8 Å². The first kappa shape index (κ1) is 13.6. The summed E-state index contributed by atoms with van der Waals surface area (Å²) in [5.41, 5.74) is 1.46. The fourth-order valence-corrected chi connectivity index (χ4v) is 3.03. The van der Waals surface area contributed by atoms with Gasteiger partial charge in [-0.25, -0.2) is 4.98 Å². The SMILES string of the molecule is Cc1cc(=O)n2c(CCNC(=O)c3ccco3)csc2n1. The quantitative estimate of drug-likeness (QED) is 0.794. The molecule has 3 rings (SSSR count). The van der Waals surface area contributed by atoms with Crippen molar-refractivity contribution in [2.75, 3.05) is 6.54 Å². The average molecular weight is 303 g/mol. The van der Waals surface area contributed by atoms with E-state index in [1.165, 1.54) is 23.7 Å². The largest absolute Gasteiger partial charge is 0.459 e. The first-order valence-corrected chi connectivity index (χ1v) is 7.31. The minimum absolute atomic E-state index is 0.0916. The van der Waals surface area contributed by atoms with E-state index in [0.717, 1.165) is 5.69 Å². The number of thiazole rings is 1. The number of carbonyl (C=O) groups excluding carboxylic acids is 1. The van der Waals surface area contributed by atoms with E-state index in [2.05, 4.69) is 10.3 Å². The van der Waals surface area contributed by atoms with Crippen LogP contribution in [0.25, 0.3) is 4.96 Å². The van der Waals surface area contributed by atoms with Crippen molar-refractivity contribution in [3.8, 4) is 0 Å². The maximum absolute atomic E-state index is 12.0. The number of nitrogens with zero attached hydrogens (tertiary/aromatic N) is 2. The summed E-state index contributed by atoms with van der Waals surface area (Å²) in [7, 11) is 0. The molecule has 6 nitrogen and oxygen atoms in total. The topological polar surface area (TPSA) is 76.6 Å².